The minimum absolute atomic E-state index is 0.208. The average molecular weight is 322 g/mol. The van der Waals surface area contributed by atoms with Crippen LogP contribution in [-0.2, 0) is 4.79 Å². The van der Waals surface area contributed by atoms with Crippen molar-refractivity contribution in [2.24, 2.45) is 0 Å². The van der Waals surface area contributed by atoms with Gasteiger partial charge in [0.05, 0.1) is 7.11 Å². The van der Waals surface area contributed by atoms with Gasteiger partial charge in [-0.3, -0.25) is 14.5 Å². The first-order valence-electron chi connectivity index (χ1n) is 6.46. The number of nitrogens with zero attached hydrogens (tertiary/aromatic N) is 1. The third kappa shape index (κ3) is 3.43. The Hall–Kier alpha value is -2.41. The van der Waals surface area contributed by atoms with Crippen LogP contribution in [0, 0.1) is 5.82 Å². The van der Waals surface area contributed by atoms with E-state index in [1.54, 1.807) is 17.5 Å². The lowest BCUT2D eigenvalue weighted by atomic mass is 10.2. The number of halogens is 1. The molecule has 0 saturated heterocycles. The summed E-state index contributed by atoms with van der Waals surface area (Å²) in [5.41, 5.74) is 0.309. The van der Waals surface area contributed by atoms with Crippen LogP contribution in [0.4, 0.5) is 10.1 Å². The van der Waals surface area contributed by atoms with Crippen molar-refractivity contribution in [3.63, 3.8) is 0 Å². The van der Waals surface area contributed by atoms with Crippen LogP contribution in [0.5, 0.6) is 5.75 Å². The molecule has 2 aromatic rings. The van der Waals surface area contributed by atoms with Crippen LogP contribution in [0.25, 0.3) is 0 Å². The van der Waals surface area contributed by atoms with E-state index in [0.717, 1.165) is 0 Å². The zero-order chi connectivity index (χ0) is 16.1. The molecule has 0 fully saturated rings. The van der Waals surface area contributed by atoms with Crippen LogP contribution in [0.15, 0.2) is 35.7 Å². The molecule has 0 spiro atoms. The predicted molar refractivity (Wildman–Crippen MR) is 83.0 cm³/mol. The molecule has 22 heavy (non-hydrogen) atoms. The second-order valence-electron chi connectivity index (χ2n) is 4.36. The SMILES string of the molecule is CNC(=O)CN(C(=O)c1sccc1OC)c1cccc(F)c1. The second-order valence-corrected chi connectivity index (χ2v) is 5.28. The number of likely N-dealkylation sites (N-methyl/N-ethyl adjacent to an activating group) is 1. The van der Waals surface area contributed by atoms with E-state index >= 15 is 0 Å². The summed E-state index contributed by atoms with van der Waals surface area (Å²) < 4.78 is 18.6. The molecule has 1 heterocycles. The van der Waals surface area contributed by atoms with Gasteiger partial charge in [-0.1, -0.05) is 6.07 Å². The largest absolute Gasteiger partial charge is 0.495 e. The minimum atomic E-state index is -0.481. The van der Waals surface area contributed by atoms with Crippen LogP contribution in [0.2, 0.25) is 0 Å². The van der Waals surface area contributed by atoms with E-state index in [0.29, 0.717) is 16.3 Å². The monoisotopic (exact) mass is 322 g/mol. The molecule has 0 saturated carbocycles. The number of nitrogens with one attached hydrogen (secondary N) is 1. The van der Waals surface area contributed by atoms with Crippen molar-refractivity contribution in [3.8, 4) is 5.75 Å². The number of carbonyl (C=O) groups is 2. The maximum absolute atomic E-state index is 13.4. The molecule has 2 rings (SSSR count). The van der Waals surface area contributed by atoms with E-state index in [4.69, 9.17) is 4.74 Å². The third-order valence-electron chi connectivity index (χ3n) is 2.99. The van der Waals surface area contributed by atoms with Crippen molar-refractivity contribution in [1.29, 1.82) is 0 Å². The van der Waals surface area contributed by atoms with Gasteiger partial charge in [-0.15, -0.1) is 11.3 Å². The van der Waals surface area contributed by atoms with Gasteiger partial charge in [0, 0.05) is 12.7 Å². The number of amides is 2. The highest BCUT2D eigenvalue weighted by atomic mass is 32.1. The fourth-order valence-electron chi connectivity index (χ4n) is 1.88. The lowest BCUT2D eigenvalue weighted by Crippen LogP contribution is -2.39. The summed E-state index contributed by atoms with van der Waals surface area (Å²) in [7, 11) is 2.94. The number of benzene rings is 1. The van der Waals surface area contributed by atoms with Crippen LogP contribution < -0.4 is 15.0 Å². The van der Waals surface area contributed by atoms with Gasteiger partial charge in [0.2, 0.25) is 5.91 Å². The third-order valence-corrected chi connectivity index (χ3v) is 3.87. The van der Waals surface area contributed by atoms with Gasteiger partial charge in [-0.2, -0.15) is 0 Å². The van der Waals surface area contributed by atoms with E-state index in [1.165, 1.54) is 48.6 Å². The summed E-state index contributed by atoms with van der Waals surface area (Å²) in [5, 5.41) is 4.17. The molecular formula is C15H15FN2O3S. The highest BCUT2D eigenvalue weighted by molar-refractivity contribution is 7.12. The number of rotatable bonds is 5. The summed E-state index contributed by atoms with van der Waals surface area (Å²) in [6.45, 7) is -0.208. The van der Waals surface area contributed by atoms with Gasteiger partial charge in [0.15, 0.2) is 0 Å². The number of thiophene rings is 1. The molecule has 0 unspecified atom stereocenters. The number of carbonyl (C=O) groups excluding carboxylic acids is 2. The van der Waals surface area contributed by atoms with Crippen LogP contribution in [0.3, 0.4) is 0 Å². The van der Waals surface area contributed by atoms with Crippen molar-refractivity contribution in [3.05, 3.63) is 46.4 Å². The van der Waals surface area contributed by atoms with Crippen molar-refractivity contribution >= 4 is 28.8 Å². The lowest BCUT2D eigenvalue weighted by molar-refractivity contribution is -0.119. The maximum Gasteiger partial charge on any atom is 0.272 e. The van der Waals surface area contributed by atoms with Crippen molar-refractivity contribution < 1.29 is 18.7 Å². The standard InChI is InChI=1S/C15H15FN2O3S/c1-17-13(19)9-18(11-5-3-4-10(16)8-11)15(20)14-12(21-2)6-7-22-14/h3-8H,9H2,1-2H3,(H,17,19). The molecule has 0 bridgehead atoms. The van der Waals surface area contributed by atoms with Gasteiger partial charge < -0.3 is 10.1 Å². The zero-order valence-electron chi connectivity index (χ0n) is 12.1. The number of hydrogen-bond donors (Lipinski definition) is 1. The van der Waals surface area contributed by atoms with E-state index in [9.17, 15) is 14.0 Å². The summed E-state index contributed by atoms with van der Waals surface area (Å²) in [4.78, 5) is 26.0. The number of hydrogen-bond acceptors (Lipinski definition) is 4. The van der Waals surface area contributed by atoms with Crippen LogP contribution in [-0.4, -0.2) is 32.5 Å². The lowest BCUT2D eigenvalue weighted by Gasteiger charge is -2.22. The van der Waals surface area contributed by atoms with Crippen molar-refractivity contribution in [2.45, 2.75) is 0 Å². The molecule has 0 aliphatic rings. The average Bonchev–Trinajstić information content (AvgIpc) is 3.00. The number of methoxy groups -OCH3 is 1. The molecule has 7 heteroatoms. The topological polar surface area (TPSA) is 58.6 Å². The second kappa shape index (κ2) is 7.04. The van der Waals surface area contributed by atoms with Gasteiger partial charge in [0.25, 0.3) is 5.91 Å². The van der Waals surface area contributed by atoms with E-state index in [-0.39, 0.29) is 12.5 Å². The normalized spacial score (nSPS) is 10.1. The van der Waals surface area contributed by atoms with Crippen molar-refractivity contribution in [2.75, 3.05) is 25.6 Å². The van der Waals surface area contributed by atoms with E-state index in [1.807, 2.05) is 0 Å². The number of anilines is 1. The Morgan fingerprint density at radius 1 is 1.36 bits per heavy atom. The molecule has 1 N–H and O–H groups in total. The van der Waals surface area contributed by atoms with E-state index in [2.05, 4.69) is 5.32 Å². The predicted octanol–water partition coefficient (Wildman–Crippen LogP) is 2.29. The molecular weight excluding hydrogens is 307 g/mol. The minimum Gasteiger partial charge on any atom is -0.495 e. The smallest absolute Gasteiger partial charge is 0.272 e. The quantitative estimate of drug-likeness (QED) is 0.919. The molecule has 0 radical (unpaired) electrons. The van der Waals surface area contributed by atoms with E-state index < -0.39 is 11.7 Å². The molecule has 1 aromatic carbocycles. The number of ether oxygens (including phenoxy) is 1. The Kier molecular flexibility index (Phi) is 5.11. The Labute approximate surface area is 131 Å². The summed E-state index contributed by atoms with van der Waals surface area (Å²) in [6.07, 6.45) is 0. The van der Waals surface area contributed by atoms with Crippen LogP contribution in [0.1, 0.15) is 9.67 Å². The first-order valence-corrected chi connectivity index (χ1v) is 7.34. The summed E-state index contributed by atoms with van der Waals surface area (Å²) in [6, 6.07) is 7.21. The molecule has 0 aliphatic heterocycles. The molecule has 5 nitrogen and oxygen atoms in total. The Bertz CT molecular complexity index is 687. The van der Waals surface area contributed by atoms with Gasteiger partial charge in [-0.25, -0.2) is 4.39 Å². The Morgan fingerprint density at radius 3 is 2.77 bits per heavy atom. The van der Waals surface area contributed by atoms with Gasteiger partial charge in [-0.05, 0) is 29.6 Å². The van der Waals surface area contributed by atoms with Crippen molar-refractivity contribution in [1.82, 2.24) is 5.32 Å². The molecule has 116 valence electrons. The fourth-order valence-corrected chi connectivity index (χ4v) is 2.69. The first kappa shape index (κ1) is 16.0. The first-order chi connectivity index (χ1) is 10.6. The molecule has 0 atom stereocenters. The Morgan fingerprint density at radius 2 is 2.14 bits per heavy atom. The summed E-state index contributed by atoms with van der Waals surface area (Å²) in [5.74, 6) is -0.826. The van der Waals surface area contributed by atoms with Crippen LogP contribution >= 0.6 is 11.3 Å². The highest BCUT2D eigenvalue weighted by Crippen LogP contribution is 2.28. The molecule has 0 aliphatic carbocycles. The molecule has 2 amide bonds. The van der Waals surface area contributed by atoms with Gasteiger partial charge >= 0.3 is 0 Å². The maximum atomic E-state index is 13.4. The highest BCUT2D eigenvalue weighted by Gasteiger charge is 2.24. The molecule has 1 aromatic heterocycles. The Balaban J connectivity index is 2.40. The fraction of sp³-hybridized carbons (Fsp3) is 0.200. The van der Waals surface area contributed by atoms with Gasteiger partial charge in [0.1, 0.15) is 23.0 Å². The summed E-state index contributed by atoms with van der Waals surface area (Å²) >= 11 is 1.20. The zero-order valence-corrected chi connectivity index (χ0v) is 12.9.